The number of para-hydroxylation sites is 2. The van der Waals surface area contributed by atoms with E-state index in [4.69, 9.17) is 4.74 Å². The zero-order chi connectivity index (χ0) is 19.2. The van der Waals surface area contributed by atoms with Crippen LogP contribution in [0, 0.1) is 0 Å². The summed E-state index contributed by atoms with van der Waals surface area (Å²) in [6.07, 6.45) is 0. The molecule has 142 valence electrons. The van der Waals surface area contributed by atoms with Crippen LogP contribution in [0.25, 0.3) is 10.2 Å². The molecule has 1 aromatic heterocycles. The number of likely N-dealkylation sites (N-methyl/N-ethyl adjacent to an activating group) is 2. The number of carbonyl (C=O) groups is 1. The number of thiazole rings is 1. The summed E-state index contributed by atoms with van der Waals surface area (Å²) in [5.74, 6) is 0.970. The number of nitrogens with one attached hydrogen (secondary N) is 1. The molecule has 0 saturated heterocycles. The number of hydrogen-bond donors (Lipinski definition) is 1. The molecule has 0 bridgehead atoms. The van der Waals surface area contributed by atoms with Crippen LogP contribution in [0.15, 0.2) is 54.6 Å². The Bertz CT molecular complexity index is 848. The normalized spacial score (nSPS) is 13.3. The Kier molecular flexibility index (Phi) is 6.42. The van der Waals surface area contributed by atoms with E-state index in [1.54, 1.807) is 16.2 Å². The van der Waals surface area contributed by atoms with Crippen LogP contribution in [-0.2, 0) is 4.79 Å². The van der Waals surface area contributed by atoms with Gasteiger partial charge in [0.05, 0.1) is 23.3 Å². The van der Waals surface area contributed by atoms with Crippen molar-refractivity contribution in [2.24, 2.45) is 0 Å². The van der Waals surface area contributed by atoms with Gasteiger partial charge in [0.2, 0.25) is 0 Å². The van der Waals surface area contributed by atoms with E-state index in [-0.39, 0.29) is 11.9 Å². The molecule has 1 unspecified atom stereocenters. The molecule has 0 saturated carbocycles. The van der Waals surface area contributed by atoms with Crippen LogP contribution < -0.4 is 9.64 Å². The molecule has 1 amide bonds. The summed E-state index contributed by atoms with van der Waals surface area (Å²) >= 11 is 1.65. The molecule has 6 heteroatoms. The zero-order valence-electron chi connectivity index (χ0n) is 16.0. The van der Waals surface area contributed by atoms with Gasteiger partial charge < -0.3 is 14.5 Å². The van der Waals surface area contributed by atoms with Crippen LogP contribution in [0.2, 0.25) is 0 Å². The van der Waals surface area contributed by atoms with Crippen molar-refractivity contribution >= 4 is 27.5 Å². The lowest BCUT2D eigenvalue weighted by Gasteiger charge is -2.24. The third-order valence-electron chi connectivity index (χ3n) is 4.64. The lowest BCUT2D eigenvalue weighted by atomic mass is 10.3. The molecule has 0 fully saturated rings. The number of fused-ring (bicyclic) bond motifs is 1. The molecule has 3 rings (SSSR count). The number of ether oxygens (including phenoxy) is 1. The summed E-state index contributed by atoms with van der Waals surface area (Å²) in [5, 5.41) is 0.970. The van der Waals surface area contributed by atoms with E-state index in [0.717, 1.165) is 32.4 Å². The van der Waals surface area contributed by atoms with Crippen molar-refractivity contribution in [2.45, 2.75) is 13.0 Å². The third kappa shape index (κ3) is 5.05. The largest absolute Gasteiger partial charge is 0.488 e. The lowest BCUT2D eigenvalue weighted by Crippen LogP contribution is -3.10. The first-order chi connectivity index (χ1) is 13.0. The molecule has 2 aromatic carbocycles. The molecule has 3 aromatic rings. The van der Waals surface area contributed by atoms with Crippen molar-refractivity contribution in [1.82, 2.24) is 9.88 Å². The molecule has 1 heterocycles. The standard InChI is InChI=1S/C21H25N3O2S/c1-16(21-22-18-11-7-8-12-19(18)27-21)24(3)20(25)15-23(2)13-14-26-17-9-5-4-6-10-17/h4-12,16H,13-15H2,1-3H3/p+1/t16-/m0/s1. The topological polar surface area (TPSA) is 46.9 Å². The second-order valence-electron chi connectivity index (χ2n) is 6.75. The molecule has 0 aliphatic carbocycles. The van der Waals surface area contributed by atoms with Gasteiger partial charge >= 0.3 is 0 Å². The highest BCUT2D eigenvalue weighted by Gasteiger charge is 2.23. The van der Waals surface area contributed by atoms with E-state index in [2.05, 4.69) is 11.1 Å². The molecule has 27 heavy (non-hydrogen) atoms. The maximum Gasteiger partial charge on any atom is 0.278 e. The Balaban J connectivity index is 1.50. The Morgan fingerprint density at radius 1 is 1.19 bits per heavy atom. The number of aromatic nitrogens is 1. The predicted molar refractivity (Wildman–Crippen MR) is 109 cm³/mol. The van der Waals surface area contributed by atoms with Gasteiger partial charge in [-0.15, -0.1) is 11.3 Å². The number of nitrogens with zero attached hydrogens (tertiary/aromatic N) is 2. The summed E-state index contributed by atoms with van der Waals surface area (Å²) in [6, 6.07) is 17.8. The number of quaternary nitrogens is 1. The zero-order valence-corrected chi connectivity index (χ0v) is 16.8. The van der Waals surface area contributed by atoms with Crippen molar-refractivity contribution in [3.63, 3.8) is 0 Å². The van der Waals surface area contributed by atoms with Crippen molar-refractivity contribution in [3.05, 3.63) is 59.6 Å². The molecule has 5 nitrogen and oxygen atoms in total. The first-order valence-corrected chi connectivity index (χ1v) is 9.96. The van der Waals surface area contributed by atoms with E-state index >= 15 is 0 Å². The highest BCUT2D eigenvalue weighted by molar-refractivity contribution is 7.18. The first-order valence-electron chi connectivity index (χ1n) is 9.15. The number of hydrogen-bond acceptors (Lipinski definition) is 4. The summed E-state index contributed by atoms with van der Waals surface area (Å²) in [7, 11) is 3.87. The van der Waals surface area contributed by atoms with Crippen LogP contribution >= 0.6 is 11.3 Å². The Hall–Kier alpha value is -2.44. The fourth-order valence-electron chi connectivity index (χ4n) is 2.78. The van der Waals surface area contributed by atoms with Crippen molar-refractivity contribution < 1.29 is 14.4 Å². The fraction of sp³-hybridized carbons (Fsp3) is 0.333. The number of amides is 1. The maximum atomic E-state index is 12.7. The Morgan fingerprint density at radius 3 is 2.63 bits per heavy atom. The van der Waals surface area contributed by atoms with Gasteiger partial charge in [-0.25, -0.2) is 4.98 Å². The van der Waals surface area contributed by atoms with Gasteiger partial charge in [0.1, 0.15) is 23.9 Å². The van der Waals surface area contributed by atoms with Gasteiger partial charge in [0.15, 0.2) is 6.54 Å². The Morgan fingerprint density at radius 2 is 1.89 bits per heavy atom. The number of carbonyl (C=O) groups excluding carboxylic acids is 1. The second-order valence-corrected chi connectivity index (χ2v) is 7.81. The number of rotatable bonds is 8. The first kappa shape index (κ1) is 19.3. The van der Waals surface area contributed by atoms with Crippen molar-refractivity contribution in [1.29, 1.82) is 0 Å². The van der Waals surface area contributed by atoms with E-state index in [1.165, 1.54) is 0 Å². The molecule has 0 aliphatic rings. The average Bonchev–Trinajstić information content (AvgIpc) is 3.11. The van der Waals surface area contributed by atoms with E-state index in [9.17, 15) is 4.79 Å². The molecule has 0 aliphatic heterocycles. The summed E-state index contributed by atoms with van der Waals surface area (Å²) in [4.78, 5) is 20.2. The monoisotopic (exact) mass is 384 g/mol. The molecular weight excluding hydrogens is 358 g/mol. The SMILES string of the molecule is C[C@@H](c1nc2ccccc2s1)N(C)C(=O)C[NH+](C)CCOc1ccccc1. The van der Waals surface area contributed by atoms with Gasteiger partial charge in [0, 0.05) is 7.05 Å². The third-order valence-corrected chi connectivity index (χ3v) is 5.84. The highest BCUT2D eigenvalue weighted by Crippen LogP contribution is 2.28. The van der Waals surface area contributed by atoms with E-state index < -0.39 is 0 Å². The minimum atomic E-state index is -0.0386. The van der Waals surface area contributed by atoms with Crippen LogP contribution in [-0.4, -0.2) is 49.6 Å². The minimum absolute atomic E-state index is 0.0386. The van der Waals surface area contributed by atoms with E-state index in [0.29, 0.717) is 13.2 Å². The minimum Gasteiger partial charge on any atom is -0.488 e. The van der Waals surface area contributed by atoms with Crippen LogP contribution in [0.1, 0.15) is 18.0 Å². The van der Waals surface area contributed by atoms with Gasteiger partial charge in [-0.05, 0) is 31.2 Å². The second kappa shape index (κ2) is 8.97. The average molecular weight is 385 g/mol. The van der Waals surface area contributed by atoms with Crippen LogP contribution in [0.3, 0.4) is 0 Å². The molecular formula is C21H26N3O2S+. The van der Waals surface area contributed by atoms with Crippen molar-refractivity contribution in [2.75, 3.05) is 33.8 Å². The van der Waals surface area contributed by atoms with Gasteiger partial charge in [-0.1, -0.05) is 30.3 Å². The molecule has 1 N–H and O–H groups in total. The van der Waals surface area contributed by atoms with Gasteiger partial charge in [-0.3, -0.25) is 4.79 Å². The summed E-state index contributed by atoms with van der Waals surface area (Å²) < 4.78 is 6.87. The molecule has 0 radical (unpaired) electrons. The quantitative estimate of drug-likeness (QED) is 0.649. The number of benzene rings is 2. The van der Waals surface area contributed by atoms with E-state index in [1.807, 2.05) is 69.6 Å². The molecule has 0 spiro atoms. The van der Waals surface area contributed by atoms with Gasteiger partial charge in [-0.2, -0.15) is 0 Å². The lowest BCUT2D eigenvalue weighted by molar-refractivity contribution is -0.871. The van der Waals surface area contributed by atoms with Crippen LogP contribution in [0.4, 0.5) is 0 Å². The summed E-state index contributed by atoms with van der Waals surface area (Å²) in [5.41, 5.74) is 0.992. The van der Waals surface area contributed by atoms with Gasteiger partial charge in [0.25, 0.3) is 5.91 Å². The maximum absolute atomic E-state index is 12.7. The van der Waals surface area contributed by atoms with Crippen molar-refractivity contribution in [3.8, 4) is 5.75 Å². The smallest absolute Gasteiger partial charge is 0.278 e. The Labute approximate surface area is 164 Å². The predicted octanol–water partition coefficient (Wildman–Crippen LogP) is 2.41. The fourth-order valence-corrected chi connectivity index (χ4v) is 3.84. The molecule has 2 atom stereocenters. The summed E-state index contributed by atoms with van der Waals surface area (Å²) in [6.45, 7) is 3.82. The highest BCUT2D eigenvalue weighted by atomic mass is 32.1. The van der Waals surface area contributed by atoms with Crippen LogP contribution in [0.5, 0.6) is 5.75 Å².